The van der Waals surface area contributed by atoms with E-state index in [0.717, 1.165) is 129 Å². The zero-order valence-electron chi connectivity index (χ0n) is 37.1. The lowest BCUT2D eigenvalue weighted by molar-refractivity contribution is -0.150. The summed E-state index contributed by atoms with van der Waals surface area (Å²) in [4.78, 5) is 28.4. The molecule has 0 aromatic carbocycles. The predicted octanol–water partition coefficient (Wildman–Crippen LogP) is 13.9. The van der Waals surface area contributed by atoms with Crippen LogP contribution in [0.5, 0.6) is 0 Å². The standard InChI is InChI=1S/C48H95NO5/c1-6-11-15-19-21-29-37-44(35-27-17-13-8-3)47(51)53-41-33-25-23-31-39-49(43-46(50)10-5)40-32-24-26-34-42-54-48(52)45(36-28-18-14-9-4)38-30-22-20-16-12-7-2/h44-46,50H,6-43H2,1-5H3. The van der Waals surface area contributed by atoms with Crippen LogP contribution in [0.15, 0.2) is 0 Å². The van der Waals surface area contributed by atoms with Crippen molar-refractivity contribution in [2.75, 3.05) is 32.8 Å². The van der Waals surface area contributed by atoms with E-state index in [1.54, 1.807) is 0 Å². The van der Waals surface area contributed by atoms with Gasteiger partial charge in [0.25, 0.3) is 0 Å². The molecule has 0 aliphatic heterocycles. The van der Waals surface area contributed by atoms with Gasteiger partial charge < -0.3 is 19.5 Å². The summed E-state index contributed by atoms with van der Waals surface area (Å²) in [5.41, 5.74) is 0. The number of aliphatic hydroxyl groups is 1. The lowest BCUT2D eigenvalue weighted by Gasteiger charge is -2.24. The Bertz CT molecular complexity index is 733. The van der Waals surface area contributed by atoms with Crippen molar-refractivity contribution in [3.05, 3.63) is 0 Å². The van der Waals surface area contributed by atoms with Gasteiger partial charge >= 0.3 is 11.9 Å². The van der Waals surface area contributed by atoms with Gasteiger partial charge in [-0.3, -0.25) is 9.59 Å². The number of rotatable bonds is 43. The summed E-state index contributed by atoms with van der Waals surface area (Å²) < 4.78 is 11.6. The molecule has 0 aliphatic rings. The van der Waals surface area contributed by atoms with E-state index in [4.69, 9.17) is 9.47 Å². The number of nitrogens with zero attached hydrogens (tertiary/aromatic N) is 1. The van der Waals surface area contributed by atoms with Crippen LogP contribution in [-0.2, 0) is 19.1 Å². The van der Waals surface area contributed by atoms with Gasteiger partial charge in [-0.2, -0.15) is 0 Å². The molecule has 54 heavy (non-hydrogen) atoms. The molecule has 3 unspecified atom stereocenters. The Morgan fingerprint density at radius 2 is 0.722 bits per heavy atom. The summed E-state index contributed by atoms with van der Waals surface area (Å²) >= 11 is 0. The smallest absolute Gasteiger partial charge is 0.308 e. The van der Waals surface area contributed by atoms with Crippen molar-refractivity contribution in [3.63, 3.8) is 0 Å². The summed E-state index contributed by atoms with van der Waals surface area (Å²) in [6.07, 6.45) is 37.8. The number of hydrogen-bond donors (Lipinski definition) is 1. The molecule has 0 heterocycles. The fourth-order valence-corrected chi connectivity index (χ4v) is 7.62. The molecule has 0 rings (SSSR count). The van der Waals surface area contributed by atoms with Crippen LogP contribution in [0.3, 0.4) is 0 Å². The predicted molar refractivity (Wildman–Crippen MR) is 232 cm³/mol. The average molecular weight is 766 g/mol. The van der Waals surface area contributed by atoms with E-state index in [9.17, 15) is 14.7 Å². The Morgan fingerprint density at radius 1 is 0.426 bits per heavy atom. The van der Waals surface area contributed by atoms with Crippen molar-refractivity contribution in [2.45, 2.75) is 253 Å². The second kappa shape index (κ2) is 41.5. The molecule has 0 saturated carbocycles. The highest BCUT2D eigenvalue weighted by molar-refractivity contribution is 5.72. The van der Waals surface area contributed by atoms with Gasteiger partial charge in [0.1, 0.15) is 0 Å². The van der Waals surface area contributed by atoms with Gasteiger partial charge in [-0.25, -0.2) is 0 Å². The molecular formula is C48H95NO5. The van der Waals surface area contributed by atoms with Gasteiger partial charge in [0, 0.05) is 6.54 Å². The van der Waals surface area contributed by atoms with E-state index in [1.807, 2.05) is 0 Å². The van der Waals surface area contributed by atoms with Gasteiger partial charge in [-0.1, -0.05) is 189 Å². The van der Waals surface area contributed by atoms with Crippen LogP contribution in [0.1, 0.15) is 247 Å². The summed E-state index contributed by atoms with van der Waals surface area (Å²) in [6, 6.07) is 0. The van der Waals surface area contributed by atoms with Crippen LogP contribution in [0.2, 0.25) is 0 Å². The van der Waals surface area contributed by atoms with Crippen LogP contribution < -0.4 is 0 Å². The third-order valence-corrected chi connectivity index (χ3v) is 11.5. The molecule has 0 aromatic rings. The minimum absolute atomic E-state index is 0.0449. The maximum atomic E-state index is 13.0. The largest absolute Gasteiger partial charge is 0.465 e. The second-order valence-electron chi connectivity index (χ2n) is 16.7. The van der Waals surface area contributed by atoms with Crippen LogP contribution in [0.4, 0.5) is 0 Å². The van der Waals surface area contributed by atoms with Crippen LogP contribution >= 0.6 is 0 Å². The fraction of sp³-hybridized carbons (Fsp3) is 0.958. The first kappa shape index (κ1) is 52.9. The number of carbonyl (C=O) groups is 2. The molecule has 322 valence electrons. The Morgan fingerprint density at radius 3 is 1.07 bits per heavy atom. The molecule has 3 atom stereocenters. The monoisotopic (exact) mass is 766 g/mol. The Labute approximate surface area is 337 Å². The summed E-state index contributed by atoms with van der Waals surface area (Å²) in [7, 11) is 0. The van der Waals surface area contributed by atoms with Gasteiger partial charge in [0.05, 0.1) is 31.2 Å². The molecule has 0 saturated heterocycles. The number of ether oxygens (including phenoxy) is 2. The summed E-state index contributed by atoms with van der Waals surface area (Å²) in [6.45, 7) is 14.9. The molecular weight excluding hydrogens is 671 g/mol. The van der Waals surface area contributed by atoms with Gasteiger partial charge in [0.2, 0.25) is 0 Å². The SMILES string of the molecule is CCCCCCCCC(CCCCCC)C(=O)OCCCCCCN(CCCCCCOC(=O)C(CCCCCC)CCCCCCCC)CC(O)CC. The van der Waals surface area contributed by atoms with Gasteiger partial charge in [0.15, 0.2) is 0 Å². The topological polar surface area (TPSA) is 76.1 Å². The molecule has 0 amide bonds. The molecule has 0 aliphatic carbocycles. The second-order valence-corrected chi connectivity index (χ2v) is 16.7. The van der Waals surface area contributed by atoms with E-state index >= 15 is 0 Å². The molecule has 0 spiro atoms. The normalized spacial score (nSPS) is 13.3. The van der Waals surface area contributed by atoms with E-state index < -0.39 is 0 Å². The highest BCUT2D eigenvalue weighted by Gasteiger charge is 2.20. The molecule has 0 radical (unpaired) electrons. The van der Waals surface area contributed by atoms with E-state index in [2.05, 4.69) is 39.5 Å². The van der Waals surface area contributed by atoms with Gasteiger partial charge in [-0.05, 0) is 70.9 Å². The number of carbonyl (C=O) groups excluding carboxylic acids is 2. The molecule has 0 fully saturated rings. The first-order valence-electron chi connectivity index (χ1n) is 24.2. The van der Waals surface area contributed by atoms with Crippen LogP contribution in [-0.4, -0.2) is 60.9 Å². The number of aliphatic hydroxyl groups excluding tert-OH is 1. The number of hydrogen-bond acceptors (Lipinski definition) is 6. The molecule has 0 aromatic heterocycles. The zero-order valence-corrected chi connectivity index (χ0v) is 37.1. The van der Waals surface area contributed by atoms with Crippen LogP contribution in [0.25, 0.3) is 0 Å². The lowest BCUT2D eigenvalue weighted by Crippen LogP contribution is -2.33. The van der Waals surface area contributed by atoms with E-state index in [-0.39, 0.29) is 29.9 Å². The summed E-state index contributed by atoms with van der Waals surface area (Å²) in [5, 5.41) is 10.4. The lowest BCUT2D eigenvalue weighted by atomic mass is 9.94. The third kappa shape index (κ3) is 34.1. The maximum Gasteiger partial charge on any atom is 0.308 e. The van der Waals surface area contributed by atoms with E-state index in [1.165, 1.54) is 103 Å². The molecule has 0 bridgehead atoms. The van der Waals surface area contributed by atoms with Crippen molar-refractivity contribution in [3.8, 4) is 0 Å². The quantitative estimate of drug-likeness (QED) is 0.0492. The maximum absolute atomic E-state index is 13.0. The molecule has 6 heteroatoms. The number of unbranched alkanes of at least 4 members (excludes halogenated alkanes) is 22. The first-order chi connectivity index (χ1) is 26.4. The van der Waals surface area contributed by atoms with Crippen molar-refractivity contribution < 1.29 is 24.2 Å². The zero-order chi connectivity index (χ0) is 39.7. The Kier molecular flexibility index (Phi) is 40.6. The average Bonchev–Trinajstić information content (AvgIpc) is 3.17. The molecule has 6 nitrogen and oxygen atoms in total. The highest BCUT2D eigenvalue weighted by Crippen LogP contribution is 2.22. The number of esters is 2. The summed E-state index contributed by atoms with van der Waals surface area (Å²) in [5.74, 6) is 0.254. The minimum atomic E-state index is -0.277. The minimum Gasteiger partial charge on any atom is -0.465 e. The highest BCUT2D eigenvalue weighted by atomic mass is 16.5. The van der Waals surface area contributed by atoms with Crippen molar-refractivity contribution in [2.24, 2.45) is 11.8 Å². The van der Waals surface area contributed by atoms with Gasteiger partial charge in [-0.15, -0.1) is 0 Å². The first-order valence-corrected chi connectivity index (χ1v) is 24.2. The Balaban J connectivity index is 4.38. The third-order valence-electron chi connectivity index (χ3n) is 11.5. The van der Waals surface area contributed by atoms with E-state index in [0.29, 0.717) is 13.2 Å². The molecule has 1 N–H and O–H groups in total. The van der Waals surface area contributed by atoms with Crippen molar-refractivity contribution in [1.29, 1.82) is 0 Å². The van der Waals surface area contributed by atoms with Crippen molar-refractivity contribution >= 4 is 11.9 Å². The van der Waals surface area contributed by atoms with Crippen LogP contribution in [0, 0.1) is 11.8 Å². The van der Waals surface area contributed by atoms with Crippen molar-refractivity contribution in [1.82, 2.24) is 4.90 Å². The Hall–Kier alpha value is -1.14. The fourth-order valence-electron chi connectivity index (χ4n) is 7.62.